The molecule has 1 heterocycles. The normalized spacial score (nSPS) is 10.5. The number of nitrogens with zero attached hydrogens (tertiary/aromatic N) is 2. The molecule has 4 heteroatoms. The van der Waals surface area contributed by atoms with Crippen molar-refractivity contribution >= 4 is 16.7 Å². The zero-order valence-corrected chi connectivity index (χ0v) is 15.2. The predicted octanol–water partition coefficient (Wildman–Crippen LogP) is 4.82. The molecule has 0 spiro atoms. The Morgan fingerprint density at radius 3 is 2.46 bits per heavy atom. The van der Waals surface area contributed by atoms with E-state index in [2.05, 4.69) is 6.07 Å². The summed E-state index contributed by atoms with van der Waals surface area (Å²) in [5, 5.41) is 10.2. The molecule has 4 rings (SSSR count). The van der Waals surface area contributed by atoms with Crippen LogP contribution < -0.4 is 4.74 Å². The van der Waals surface area contributed by atoms with Gasteiger partial charge in [-0.3, -0.25) is 4.79 Å². The summed E-state index contributed by atoms with van der Waals surface area (Å²) in [5.74, 6) is 0.593. The minimum Gasteiger partial charge on any atom is -0.485 e. The molecule has 0 amide bonds. The lowest BCUT2D eigenvalue weighted by Crippen LogP contribution is -2.11. The highest BCUT2D eigenvalue weighted by Gasteiger charge is 2.16. The number of hydrogen-bond acceptors (Lipinski definition) is 3. The molecule has 3 aromatic carbocycles. The van der Waals surface area contributed by atoms with E-state index in [1.807, 2.05) is 83.6 Å². The van der Waals surface area contributed by atoms with Crippen LogP contribution in [-0.2, 0) is 6.54 Å². The van der Waals surface area contributed by atoms with E-state index in [0.29, 0.717) is 23.4 Å². The first-order chi connectivity index (χ1) is 13.8. The molecule has 28 heavy (non-hydrogen) atoms. The van der Waals surface area contributed by atoms with Gasteiger partial charge in [0.2, 0.25) is 5.78 Å². The Morgan fingerprint density at radius 1 is 0.929 bits per heavy atom. The van der Waals surface area contributed by atoms with Crippen molar-refractivity contribution in [3.05, 3.63) is 102 Å². The molecule has 136 valence electrons. The quantitative estimate of drug-likeness (QED) is 0.460. The monoisotopic (exact) mass is 366 g/mol. The number of carbonyl (C=O) groups excluding carboxylic acids is 1. The van der Waals surface area contributed by atoms with Gasteiger partial charge in [0, 0.05) is 29.2 Å². The second-order valence-electron chi connectivity index (χ2n) is 6.48. The van der Waals surface area contributed by atoms with E-state index < -0.39 is 0 Å². The third-order valence-electron chi connectivity index (χ3n) is 4.68. The molecule has 0 aliphatic rings. The maximum atomic E-state index is 12.8. The van der Waals surface area contributed by atoms with Crippen LogP contribution in [0, 0.1) is 11.3 Å². The van der Waals surface area contributed by atoms with E-state index in [1.165, 1.54) is 0 Å². The van der Waals surface area contributed by atoms with E-state index in [-0.39, 0.29) is 12.4 Å². The fraction of sp³-hybridized carbons (Fsp3) is 0.0833. The van der Waals surface area contributed by atoms with Crippen LogP contribution in [0.25, 0.3) is 10.9 Å². The summed E-state index contributed by atoms with van der Waals surface area (Å²) < 4.78 is 7.65. The standard InChI is InChI=1S/C24H18N2O2/c25-14-18-8-4-5-9-19(18)15-26-16-22(21-12-6-7-13-23(21)26)24(27)17-28-20-10-2-1-3-11-20/h1-13,16H,15,17H2. The van der Waals surface area contributed by atoms with E-state index in [0.717, 1.165) is 16.5 Å². The van der Waals surface area contributed by atoms with Gasteiger partial charge < -0.3 is 9.30 Å². The van der Waals surface area contributed by atoms with Crippen LogP contribution in [0.4, 0.5) is 0 Å². The van der Waals surface area contributed by atoms with Crippen molar-refractivity contribution in [3.63, 3.8) is 0 Å². The molecule has 0 N–H and O–H groups in total. The Labute approximate surface area is 163 Å². The molecule has 0 bridgehead atoms. The van der Waals surface area contributed by atoms with Gasteiger partial charge in [0.05, 0.1) is 11.6 Å². The smallest absolute Gasteiger partial charge is 0.202 e. The molecule has 0 fully saturated rings. The number of benzene rings is 3. The number of rotatable bonds is 6. The third-order valence-corrected chi connectivity index (χ3v) is 4.68. The van der Waals surface area contributed by atoms with E-state index in [9.17, 15) is 10.1 Å². The van der Waals surface area contributed by atoms with Gasteiger partial charge in [-0.1, -0.05) is 54.6 Å². The molecule has 0 unspecified atom stereocenters. The number of para-hydroxylation sites is 2. The van der Waals surface area contributed by atoms with Crippen LogP contribution >= 0.6 is 0 Å². The van der Waals surface area contributed by atoms with Gasteiger partial charge in [-0.2, -0.15) is 5.26 Å². The molecule has 0 atom stereocenters. The van der Waals surface area contributed by atoms with E-state index in [4.69, 9.17) is 4.74 Å². The van der Waals surface area contributed by atoms with Crippen LogP contribution in [0.2, 0.25) is 0 Å². The lowest BCUT2D eigenvalue weighted by molar-refractivity contribution is 0.0923. The molecule has 4 aromatic rings. The van der Waals surface area contributed by atoms with Crippen molar-refractivity contribution in [2.45, 2.75) is 6.54 Å². The van der Waals surface area contributed by atoms with Crippen molar-refractivity contribution in [2.75, 3.05) is 6.61 Å². The van der Waals surface area contributed by atoms with Crippen molar-refractivity contribution in [3.8, 4) is 11.8 Å². The summed E-state index contributed by atoms with van der Waals surface area (Å²) >= 11 is 0. The fourth-order valence-electron chi connectivity index (χ4n) is 3.29. The third kappa shape index (κ3) is 3.51. The van der Waals surface area contributed by atoms with Gasteiger partial charge in [-0.25, -0.2) is 0 Å². The molecule has 1 aromatic heterocycles. The second kappa shape index (κ2) is 7.81. The summed E-state index contributed by atoms with van der Waals surface area (Å²) in [4.78, 5) is 12.8. The SMILES string of the molecule is N#Cc1ccccc1Cn1cc(C(=O)COc2ccccc2)c2ccccc21. The summed E-state index contributed by atoms with van der Waals surface area (Å²) in [7, 11) is 0. The highest BCUT2D eigenvalue weighted by atomic mass is 16.5. The maximum Gasteiger partial charge on any atom is 0.202 e. The lowest BCUT2D eigenvalue weighted by atomic mass is 10.1. The van der Waals surface area contributed by atoms with Gasteiger partial charge in [-0.05, 0) is 29.8 Å². The second-order valence-corrected chi connectivity index (χ2v) is 6.48. The largest absolute Gasteiger partial charge is 0.485 e. The van der Waals surface area contributed by atoms with Crippen LogP contribution in [-0.4, -0.2) is 17.0 Å². The zero-order valence-electron chi connectivity index (χ0n) is 15.2. The highest BCUT2D eigenvalue weighted by molar-refractivity contribution is 6.08. The van der Waals surface area contributed by atoms with Crippen molar-refractivity contribution < 1.29 is 9.53 Å². The molecular weight excluding hydrogens is 348 g/mol. The van der Waals surface area contributed by atoms with Crippen molar-refractivity contribution in [2.24, 2.45) is 0 Å². The first-order valence-electron chi connectivity index (χ1n) is 9.03. The van der Waals surface area contributed by atoms with Crippen LogP contribution in [0.3, 0.4) is 0 Å². The Bertz CT molecular complexity index is 1170. The summed E-state index contributed by atoms with van der Waals surface area (Å²) in [6, 6.07) is 26.9. The number of fused-ring (bicyclic) bond motifs is 1. The van der Waals surface area contributed by atoms with Gasteiger partial charge in [0.15, 0.2) is 6.61 Å². The molecule has 4 nitrogen and oxygen atoms in total. The minimum atomic E-state index is -0.0765. The molecule has 0 aliphatic heterocycles. The topological polar surface area (TPSA) is 55.0 Å². The number of hydrogen-bond donors (Lipinski definition) is 0. The lowest BCUT2D eigenvalue weighted by Gasteiger charge is -2.07. The van der Waals surface area contributed by atoms with Gasteiger partial charge in [0.25, 0.3) is 0 Å². The van der Waals surface area contributed by atoms with Crippen LogP contribution in [0.15, 0.2) is 85.1 Å². The van der Waals surface area contributed by atoms with Crippen molar-refractivity contribution in [1.29, 1.82) is 5.26 Å². The summed E-state index contributed by atoms with van der Waals surface area (Å²) in [5.41, 5.74) is 3.14. The number of ketones is 1. The van der Waals surface area contributed by atoms with E-state index in [1.54, 1.807) is 6.07 Å². The van der Waals surface area contributed by atoms with Gasteiger partial charge in [-0.15, -0.1) is 0 Å². The average molecular weight is 366 g/mol. The Hall–Kier alpha value is -3.84. The Morgan fingerprint density at radius 2 is 1.64 bits per heavy atom. The first-order valence-corrected chi connectivity index (χ1v) is 9.03. The van der Waals surface area contributed by atoms with Crippen LogP contribution in [0.5, 0.6) is 5.75 Å². The van der Waals surface area contributed by atoms with Crippen LogP contribution in [0.1, 0.15) is 21.5 Å². The summed E-state index contributed by atoms with van der Waals surface area (Å²) in [6.45, 7) is 0.504. The van der Waals surface area contributed by atoms with Gasteiger partial charge >= 0.3 is 0 Å². The maximum absolute atomic E-state index is 12.8. The van der Waals surface area contributed by atoms with E-state index >= 15 is 0 Å². The average Bonchev–Trinajstić information content (AvgIpc) is 3.12. The molecule has 0 radical (unpaired) electrons. The zero-order chi connectivity index (χ0) is 19.3. The summed E-state index contributed by atoms with van der Waals surface area (Å²) in [6.07, 6.45) is 1.86. The Kier molecular flexibility index (Phi) is 4.90. The predicted molar refractivity (Wildman–Crippen MR) is 108 cm³/mol. The number of Topliss-reactive ketones (excluding diaryl/α,β-unsaturated/α-hetero) is 1. The number of nitriles is 1. The first kappa shape index (κ1) is 17.6. The molecule has 0 aliphatic carbocycles. The Balaban J connectivity index is 1.65. The van der Waals surface area contributed by atoms with Crippen molar-refractivity contribution in [1.82, 2.24) is 4.57 Å². The molecular formula is C24H18N2O2. The molecule has 0 saturated heterocycles. The molecule has 0 saturated carbocycles. The number of carbonyl (C=O) groups is 1. The minimum absolute atomic E-state index is 0.0210. The van der Waals surface area contributed by atoms with Gasteiger partial charge in [0.1, 0.15) is 5.75 Å². The number of aromatic nitrogens is 1. The number of ether oxygens (including phenoxy) is 1. The fourth-order valence-corrected chi connectivity index (χ4v) is 3.29. The highest BCUT2D eigenvalue weighted by Crippen LogP contribution is 2.24.